The Morgan fingerprint density at radius 3 is 3.08 bits per heavy atom. The summed E-state index contributed by atoms with van der Waals surface area (Å²) < 4.78 is 0. The van der Waals surface area contributed by atoms with Gasteiger partial charge in [0.1, 0.15) is 5.15 Å². The van der Waals surface area contributed by atoms with Gasteiger partial charge in [0.2, 0.25) is 0 Å². The van der Waals surface area contributed by atoms with E-state index in [4.69, 9.17) is 11.6 Å². The summed E-state index contributed by atoms with van der Waals surface area (Å²) in [7, 11) is 0. The molecule has 1 unspecified atom stereocenters. The first-order valence-electron chi connectivity index (χ1n) is 3.65. The molecule has 3 heteroatoms. The van der Waals surface area contributed by atoms with Crippen LogP contribution in [0.5, 0.6) is 0 Å². The Balaban J connectivity index is 2.86. The molecule has 0 aromatic carbocycles. The molecule has 0 saturated carbocycles. The lowest BCUT2D eigenvalue weighted by molar-refractivity contribution is 0.181. The quantitative estimate of drug-likeness (QED) is 0.577. The predicted octanol–water partition coefficient (Wildman–Crippen LogP) is 2.34. The first kappa shape index (κ1) is 9.23. The molecule has 1 aromatic heterocycles. The number of pyridine rings is 1. The number of halogens is 1. The van der Waals surface area contributed by atoms with E-state index in [0.29, 0.717) is 17.1 Å². The zero-order valence-electron chi connectivity index (χ0n) is 6.57. The fraction of sp³-hybridized carbons (Fsp3) is 0.222. The number of hydrogen-bond acceptors (Lipinski definition) is 2. The molecule has 1 N–H and O–H groups in total. The first-order valence-corrected chi connectivity index (χ1v) is 4.03. The van der Waals surface area contributed by atoms with E-state index in [1.165, 1.54) is 0 Å². The number of aromatic nitrogens is 1. The molecular weight excluding hydrogens is 174 g/mol. The molecule has 0 aliphatic heterocycles. The maximum Gasteiger partial charge on any atom is 0.134 e. The van der Waals surface area contributed by atoms with Crippen molar-refractivity contribution in [2.45, 2.75) is 12.5 Å². The van der Waals surface area contributed by atoms with E-state index in [9.17, 15) is 5.11 Å². The van der Waals surface area contributed by atoms with E-state index < -0.39 is 6.10 Å². The summed E-state index contributed by atoms with van der Waals surface area (Å²) in [6.07, 6.45) is 3.13. The van der Waals surface area contributed by atoms with Gasteiger partial charge >= 0.3 is 0 Å². The molecule has 1 rings (SSSR count). The van der Waals surface area contributed by atoms with Crippen molar-refractivity contribution >= 4 is 11.6 Å². The number of hydrogen-bond donors (Lipinski definition) is 1. The number of rotatable bonds is 3. The molecule has 0 radical (unpaired) electrons. The van der Waals surface area contributed by atoms with Gasteiger partial charge in [0.05, 0.1) is 6.10 Å². The lowest BCUT2D eigenvalue weighted by Crippen LogP contribution is -1.97. The average molecular weight is 184 g/mol. The summed E-state index contributed by atoms with van der Waals surface area (Å²) in [6.45, 7) is 3.53. The zero-order chi connectivity index (χ0) is 8.97. The van der Waals surface area contributed by atoms with Gasteiger partial charge in [0.15, 0.2) is 0 Å². The topological polar surface area (TPSA) is 33.1 Å². The highest BCUT2D eigenvalue weighted by atomic mass is 35.5. The van der Waals surface area contributed by atoms with E-state index in [-0.39, 0.29) is 0 Å². The van der Waals surface area contributed by atoms with Crippen molar-refractivity contribution in [2.24, 2.45) is 0 Å². The van der Waals surface area contributed by atoms with Crippen LogP contribution >= 0.6 is 11.6 Å². The summed E-state index contributed by atoms with van der Waals surface area (Å²) >= 11 is 5.75. The van der Waals surface area contributed by atoms with Gasteiger partial charge < -0.3 is 5.11 Å². The third-order valence-electron chi connectivity index (χ3n) is 1.54. The van der Waals surface area contributed by atoms with Gasteiger partial charge in [-0.2, -0.15) is 0 Å². The lowest BCUT2D eigenvalue weighted by atomic mass is 10.1. The monoisotopic (exact) mass is 183 g/mol. The molecule has 1 atom stereocenters. The lowest BCUT2D eigenvalue weighted by Gasteiger charge is -2.08. The van der Waals surface area contributed by atoms with Crippen molar-refractivity contribution in [1.82, 2.24) is 4.98 Å². The van der Waals surface area contributed by atoms with E-state index >= 15 is 0 Å². The van der Waals surface area contributed by atoms with Gasteiger partial charge in [-0.3, -0.25) is 0 Å². The van der Waals surface area contributed by atoms with Gasteiger partial charge in [-0.15, -0.1) is 6.58 Å². The SMILES string of the molecule is C=CCC(O)c1cccnc1Cl. The Hall–Kier alpha value is -0.860. The summed E-state index contributed by atoms with van der Waals surface area (Å²) in [4.78, 5) is 3.85. The van der Waals surface area contributed by atoms with Gasteiger partial charge in [-0.25, -0.2) is 4.98 Å². The molecule has 2 nitrogen and oxygen atoms in total. The minimum absolute atomic E-state index is 0.354. The molecule has 0 aliphatic rings. The summed E-state index contributed by atoms with van der Waals surface area (Å²) in [5.41, 5.74) is 0.652. The molecule has 12 heavy (non-hydrogen) atoms. The highest BCUT2D eigenvalue weighted by Crippen LogP contribution is 2.22. The predicted molar refractivity (Wildman–Crippen MR) is 49.0 cm³/mol. The number of aliphatic hydroxyl groups is 1. The maximum atomic E-state index is 9.51. The number of nitrogens with zero attached hydrogens (tertiary/aromatic N) is 1. The van der Waals surface area contributed by atoms with Crippen molar-refractivity contribution < 1.29 is 5.11 Å². The van der Waals surface area contributed by atoms with Crippen LogP contribution in [0.2, 0.25) is 5.15 Å². The van der Waals surface area contributed by atoms with Crippen LogP contribution in [0.25, 0.3) is 0 Å². The highest BCUT2D eigenvalue weighted by molar-refractivity contribution is 6.30. The van der Waals surface area contributed by atoms with Crippen molar-refractivity contribution in [3.63, 3.8) is 0 Å². The molecule has 64 valence electrons. The van der Waals surface area contributed by atoms with Gasteiger partial charge in [0.25, 0.3) is 0 Å². The van der Waals surface area contributed by atoms with E-state index in [1.807, 2.05) is 0 Å². The smallest absolute Gasteiger partial charge is 0.134 e. The Labute approximate surface area is 76.5 Å². The Morgan fingerprint density at radius 2 is 2.50 bits per heavy atom. The normalized spacial score (nSPS) is 12.5. The van der Waals surface area contributed by atoms with Crippen LogP contribution in [0.15, 0.2) is 31.0 Å². The van der Waals surface area contributed by atoms with Crippen LogP contribution in [0.1, 0.15) is 18.1 Å². The van der Waals surface area contributed by atoms with Gasteiger partial charge in [-0.05, 0) is 12.5 Å². The maximum absolute atomic E-state index is 9.51. The van der Waals surface area contributed by atoms with Crippen LogP contribution in [0.3, 0.4) is 0 Å². The fourth-order valence-electron chi connectivity index (χ4n) is 0.932. The highest BCUT2D eigenvalue weighted by Gasteiger charge is 2.09. The van der Waals surface area contributed by atoms with E-state index in [1.54, 1.807) is 24.4 Å². The largest absolute Gasteiger partial charge is 0.388 e. The molecule has 0 saturated heterocycles. The van der Waals surface area contributed by atoms with E-state index in [2.05, 4.69) is 11.6 Å². The molecule has 1 heterocycles. The second-order valence-electron chi connectivity index (χ2n) is 2.42. The molecule has 0 fully saturated rings. The fourth-order valence-corrected chi connectivity index (χ4v) is 1.18. The number of aliphatic hydroxyl groups excluding tert-OH is 1. The van der Waals surface area contributed by atoms with Crippen LogP contribution in [-0.2, 0) is 0 Å². The van der Waals surface area contributed by atoms with Crippen LogP contribution < -0.4 is 0 Å². The second kappa shape index (κ2) is 4.24. The third-order valence-corrected chi connectivity index (χ3v) is 1.85. The van der Waals surface area contributed by atoms with Crippen LogP contribution in [-0.4, -0.2) is 10.1 Å². The zero-order valence-corrected chi connectivity index (χ0v) is 7.33. The van der Waals surface area contributed by atoms with E-state index in [0.717, 1.165) is 0 Å². The van der Waals surface area contributed by atoms with Crippen molar-refractivity contribution in [3.8, 4) is 0 Å². The van der Waals surface area contributed by atoms with Crippen molar-refractivity contribution in [3.05, 3.63) is 41.7 Å². The van der Waals surface area contributed by atoms with Crippen molar-refractivity contribution in [1.29, 1.82) is 0 Å². The van der Waals surface area contributed by atoms with Gasteiger partial charge in [-0.1, -0.05) is 23.7 Å². The second-order valence-corrected chi connectivity index (χ2v) is 2.78. The van der Waals surface area contributed by atoms with Crippen LogP contribution in [0, 0.1) is 0 Å². The Morgan fingerprint density at radius 1 is 1.75 bits per heavy atom. The standard InChI is InChI=1S/C9H10ClNO/c1-2-4-8(12)7-5-3-6-11-9(7)10/h2-3,5-6,8,12H,1,4H2. The molecule has 1 aromatic rings. The van der Waals surface area contributed by atoms with Crippen molar-refractivity contribution in [2.75, 3.05) is 0 Å². The molecular formula is C9H10ClNO. The molecule has 0 bridgehead atoms. The average Bonchev–Trinajstić information content (AvgIpc) is 2.05. The molecule has 0 aliphatic carbocycles. The summed E-state index contributed by atoms with van der Waals surface area (Å²) in [5, 5.41) is 9.86. The first-order chi connectivity index (χ1) is 5.75. The third kappa shape index (κ3) is 2.06. The summed E-state index contributed by atoms with van der Waals surface area (Å²) in [6, 6.07) is 3.50. The molecule has 0 spiro atoms. The van der Waals surface area contributed by atoms with Gasteiger partial charge in [0, 0.05) is 11.8 Å². The minimum Gasteiger partial charge on any atom is -0.388 e. The Kier molecular flexibility index (Phi) is 3.26. The molecule has 0 amide bonds. The summed E-state index contributed by atoms with van der Waals surface area (Å²) in [5.74, 6) is 0. The Bertz CT molecular complexity index is 275. The minimum atomic E-state index is -0.594. The van der Waals surface area contributed by atoms with Crippen LogP contribution in [0.4, 0.5) is 0 Å².